The number of nitrogens with zero attached hydrogens (tertiary/aromatic N) is 4. The normalized spacial score (nSPS) is 14.7. The standard InChI is InChI=1S/C13H15ClN4O2/c1-13(2,3)20-12(19)17-6-9-10(7-17)16-18-5-8(14)4-15-11(9)18/h4-5H,6-7H2,1-3H3. The SMILES string of the molecule is CC(C)(C)OC(=O)N1Cc2nn3cc(Cl)cnc3c2C1. The van der Waals surface area contributed by atoms with Gasteiger partial charge in [-0.1, -0.05) is 11.6 Å². The summed E-state index contributed by atoms with van der Waals surface area (Å²) in [6.07, 6.45) is 2.96. The van der Waals surface area contributed by atoms with Crippen molar-refractivity contribution in [2.75, 3.05) is 0 Å². The van der Waals surface area contributed by atoms with Crippen LogP contribution in [-0.2, 0) is 17.8 Å². The van der Waals surface area contributed by atoms with Crippen LogP contribution in [0.5, 0.6) is 0 Å². The molecule has 0 spiro atoms. The van der Waals surface area contributed by atoms with E-state index in [-0.39, 0.29) is 6.09 Å². The number of rotatable bonds is 0. The minimum absolute atomic E-state index is 0.331. The molecule has 2 aromatic heterocycles. The summed E-state index contributed by atoms with van der Waals surface area (Å²) >= 11 is 5.89. The molecule has 0 unspecified atom stereocenters. The predicted octanol–water partition coefficient (Wildman–Crippen LogP) is 2.63. The van der Waals surface area contributed by atoms with E-state index in [0.717, 1.165) is 16.9 Å². The number of halogens is 1. The maximum atomic E-state index is 12.0. The summed E-state index contributed by atoms with van der Waals surface area (Å²) in [4.78, 5) is 17.9. The molecule has 0 fully saturated rings. The van der Waals surface area contributed by atoms with Crippen LogP contribution >= 0.6 is 11.6 Å². The number of hydrogen-bond donors (Lipinski definition) is 0. The zero-order chi connectivity index (χ0) is 14.5. The smallest absolute Gasteiger partial charge is 0.410 e. The highest BCUT2D eigenvalue weighted by Gasteiger charge is 2.31. The van der Waals surface area contributed by atoms with Gasteiger partial charge in [0.1, 0.15) is 5.60 Å². The topological polar surface area (TPSA) is 59.7 Å². The third-order valence-electron chi connectivity index (χ3n) is 2.96. The summed E-state index contributed by atoms with van der Waals surface area (Å²) in [6.45, 7) is 6.44. The molecule has 0 aromatic carbocycles. The number of hydrogen-bond acceptors (Lipinski definition) is 4. The molecule has 0 atom stereocenters. The zero-order valence-electron chi connectivity index (χ0n) is 11.6. The first-order valence-corrected chi connectivity index (χ1v) is 6.71. The van der Waals surface area contributed by atoms with Gasteiger partial charge in [0.2, 0.25) is 0 Å². The lowest BCUT2D eigenvalue weighted by atomic mass is 10.2. The molecule has 0 N–H and O–H groups in total. The fourth-order valence-electron chi connectivity index (χ4n) is 2.18. The van der Waals surface area contributed by atoms with Crippen LogP contribution in [0.1, 0.15) is 32.0 Å². The van der Waals surface area contributed by atoms with Crippen molar-refractivity contribution in [1.29, 1.82) is 0 Å². The number of fused-ring (bicyclic) bond motifs is 3. The largest absolute Gasteiger partial charge is 0.444 e. The van der Waals surface area contributed by atoms with Gasteiger partial charge in [-0.3, -0.25) is 4.90 Å². The van der Waals surface area contributed by atoms with Crippen molar-refractivity contribution in [3.05, 3.63) is 28.7 Å². The van der Waals surface area contributed by atoms with Crippen LogP contribution in [0.4, 0.5) is 4.79 Å². The van der Waals surface area contributed by atoms with E-state index in [1.165, 1.54) is 0 Å². The summed E-state index contributed by atoms with van der Waals surface area (Å²) in [7, 11) is 0. The molecule has 0 aliphatic carbocycles. The molecule has 1 aliphatic rings. The minimum atomic E-state index is -0.500. The van der Waals surface area contributed by atoms with Crippen molar-refractivity contribution in [2.24, 2.45) is 0 Å². The summed E-state index contributed by atoms with van der Waals surface area (Å²) in [5, 5.41) is 4.93. The molecule has 2 aromatic rings. The van der Waals surface area contributed by atoms with Crippen molar-refractivity contribution in [3.8, 4) is 0 Å². The average molecular weight is 295 g/mol. The molecule has 106 valence electrons. The van der Waals surface area contributed by atoms with Crippen LogP contribution in [0, 0.1) is 0 Å². The van der Waals surface area contributed by atoms with Crippen molar-refractivity contribution in [3.63, 3.8) is 0 Å². The van der Waals surface area contributed by atoms with E-state index < -0.39 is 5.60 Å². The van der Waals surface area contributed by atoms with Gasteiger partial charge in [0.15, 0.2) is 5.65 Å². The molecule has 7 heteroatoms. The maximum Gasteiger partial charge on any atom is 0.410 e. The van der Waals surface area contributed by atoms with Crippen molar-refractivity contribution in [2.45, 2.75) is 39.5 Å². The van der Waals surface area contributed by atoms with Crippen molar-refractivity contribution in [1.82, 2.24) is 19.5 Å². The highest BCUT2D eigenvalue weighted by Crippen LogP contribution is 2.27. The van der Waals surface area contributed by atoms with Crippen LogP contribution in [0.25, 0.3) is 5.65 Å². The van der Waals surface area contributed by atoms with Crippen LogP contribution in [0.15, 0.2) is 12.4 Å². The van der Waals surface area contributed by atoms with Crippen LogP contribution in [0.3, 0.4) is 0 Å². The van der Waals surface area contributed by atoms with E-state index in [0.29, 0.717) is 18.1 Å². The van der Waals surface area contributed by atoms with E-state index in [2.05, 4.69) is 10.1 Å². The van der Waals surface area contributed by atoms with Crippen LogP contribution in [0.2, 0.25) is 5.02 Å². The van der Waals surface area contributed by atoms with Gasteiger partial charge >= 0.3 is 6.09 Å². The number of carbonyl (C=O) groups is 1. The third-order valence-corrected chi connectivity index (χ3v) is 3.16. The molecule has 1 aliphatic heterocycles. The quantitative estimate of drug-likeness (QED) is 0.749. The zero-order valence-corrected chi connectivity index (χ0v) is 12.3. The summed E-state index contributed by atoms with van der Waals surface area (Å²) in [5.74, 6) is 0. The van der Waals surface area contributed by atoms with E-state index >= 15 is 0 Å². The Morgan fingerprint density at radius 2 is 2.15 bits per heavy atom. The number of carbonyl (C=O) groups excluding carboxylic acids is 1. The third kappa shape index (κ3) is 2.31. The fourth-order valence-corrected chi connectivity index (χ4v) is 2.32. The van der Waals surface area contributed by atoms with Gasteiger partial charge in [-0.2, -0.15) is 5.10 Å². The second-order valence-electron chi connectivity index (χ2n) is 5.80. The lowest BCUT2D eigenvalue weighted by molar-refractivity contribution is 0.0240. The Morgan fingerprint density at radius 3 is 2.85 bits per heavy atom. The Labute approximate surface area is 121 Å². The van der Waals surface area contributed by atoms with Gasteiger partial charge in [0, 0.05) is 11.8 Å². The van der Waals surface area contributed by atoms with Gasteiger partial charge in [-0.15, -0.1) is 0 Å². The molecular formula is C13H15ClN4O2. The van der Waals surface area contributed by atoms with Crippen molar-refractivity contribution >= 4 is 23.3 Å². The number of amides is 1. The molecular weight excluding hydrogens is 280 g/mol. The molecule has 20 heavy (non-hydrogen) atoms. The number of ether oxygens (including phenoxy) is 1. The first-order valence-electron chi connectivity index (χ1n) is 6.33. The first kappa shape index (κ1) is 13.2. The molecule has 0 saturated carbocycles. The molecule has 3 heterocycles. The van der Waals surface area contributed by atoms with Gasteiger partial charge < -0.3 is 4.74 Å². The second-order valence-corrected chi connectivity index (χ2v) is 6.24. The Balaban J connectivity index is 1.85. The molecule has 6 nitrogen and oxygen atoms in total. The number of aromatic nitrogens is 3. The first-order chi connectivity index (χ1) is 9.33. The minimum Gasteiger partial charge on any atom is -0.444 e. The maximum absolute atomic E-state index is 12.0. The molecule has 1 amide bonds. The second kappa shape index (κ2) is 4.34. The Kier molecular flexibility index (Phi) is 2.86. The molecule has 3 rings (SSSR count). The predicted molar refractivity (Wildman–Crippen MR) is 73.5 cm³/mol. The Bertz CT molecular complexity index is 689. The highest BCUT2D eigenvalue weighted by atomic mass is 35.5. The highest BCUT2D eigenvalue weighted by molar-refractivity contribution is 6.30. The molecule has 0 bridgehead atoms. The Morgan fingerprint density at radius 1 is 1.40 bits per heavy atom. The lowest BCUT2D eigenvalue weighted by Crippen LogP contribution is -2.33. The van der Waals surface area contributed by atoms with Gasteiger partial charge in [-0.05, 0) is 20.8 Å². The lowest BCUT2D eigenvalue weighted by Gasteiger charge is -2.24. The Hall–Kier alpha value is -1.82. The van der Waals surface area contributed by atoms with Gasteiger partial charge in [0.25, 0.3) is 0 Å². The molecule has 0 radical (unpaired) electrons. The summed E-state index contributed by atoms with van der Waals surface area (Å²) in [5.41, 5.74) is 2.02. The van der Waals surface area contributed by atoms with Gasteiger partial charge in [-0.25, -0.2) is 14.3 Å². The van der Waals surface area contributed by atoms with Crippen molar-refractivity contribution < 1.29 is 9.53 Å². The molecule has 0 saturated heterocycles. The average Bonchev–Trinajstić information content (AvgIpc) is 2.82. The van der Waals surface area contributed by atoms with E-state index in [1.54, 1.807) is 21.8 Å². The van der Waals surface area contributed by atoms with Crippen LogP contribution < -0.4 is 0 Å². The van der Waals surface area contributed by atoms with Gasteiger partial charge in [0.05, 0.1) is 30.0 Å². The summed E-state index contributed by atoms with van der Waals surface area (Å²) in [6, 6.07) is 0. The van der Waals surface area contributed by atoms with E-state index in [1.807, 2.05) is 20.8 Å². The van der Waals surface area contributed by atoms with E-state index in [4.69, 9.17) is 16.3 Å². The monoisotopic (exact) mass is 294 g/mol. The fraction of sp³-hybridized carbons (Fsp3) is 0.462. The van der Waals surface area contributed by atoms with E-state index in [9.17, 15) is 4.79 Å². The summed E-state index contributed by atoms with van der Waals surface area (Å²) < 4.78 is 7.02. The van der Waals surface area contributed by atoms with Crippen LogP contribution in [-0.4, -0.2) is 31.2 Å².